The third-order valence-electron chi connectivity index (χ3n) is 5.41. The van der Waals surface area contributed by atoms with E-state index < -0.39 is 36.4 Å². The number of halogens is 2. The number of carbonyl (C=O) groups is 2. The quantitative estimate of drug-likeness (QED) is 0.575. The van der Waals surface area contributed by atoms with Crippen molar-refractivity contribution >= 4 is 11.9 Å². The second-order valence-electron chi connectivity index (χ2n) is 7.72. The van der Waals surface area contributed by atoms with E-state index in [2.05, 4.69) is 6.92 Å². The van der Waals surface area contributed by atoms with Gasteiger partial charge in [0.15, 0.2) is 0 Å². The molecule has 2 unspecified atom stereocenters. The van der Waals surface area contributed by atoms with Crippen molar-refractivity contribution in [1.82, 2.24) is 4.90 Å². The number of unbranched alkanes of at least 4 members (excludes halogenated alkanes) is 1. The summed E-state index contributed by atoms with van der Waals surface area (Å²) in [5.41, 5.74) is 0.901. The number of alkyl halides is 2. The second kappa shape index (κ2) is 9.96. The van der Waals surface area contributed by atoms with Crippen molar-refractivity contribution in [3.8, 4) is 0 Å². The van der Waals surface area contributed by atoms with Gasteiger partial charge in [0.1, 0.15) is 0 Å². The Morgan fingerprint density at radius 1 is 1.34 bits per heavy atom. The average molecular weight is 409 g/mol. The first-order valence-electron chi connectivity index (χ1n) is 10.0. The van der Waals surface area contributed by atoms with E-state index in [1.54, 1.807) is 12.1 Å². The molecule has 1 aliphatic heterocycles. The van der Waals surface area contributed by atoms with E-state index in [4.69, 9.17) is 5.11 Å². The van der Waals surface area contributed by atoms with Gasteiger partial charge in [-0.3, -0.25) is 4.79 Å². The Bertz CT molecular complexity index is 733. The molecule has 1 aliphatic rings. The highest BCUT2D eigenvalue weighted by molar-refractivity contribution is 5.87. The van der Waals surface area contributed by atoms with Crippen LogP contribution in [0.2, 0.25) is 0 Å². The molecule has 160 valence electrons. The lowest BCUT2D eigenvalue weighted by molar-refractivity contribution is -0.148. The van der Waals surface area contributed by atoms with Gasteiger partial charge in [-0.05, 0) is 36.5 Å². The minimum absolute atomic E-state index is 0.0185. The summed E-state index contributed by atoms with van der Waals surface area (Å²) >= 11 is 0. The first-order valence-corrected chi connectivity index (χ1v) is 10.0. The van der Waals surface area contributed by atoms with Gasteiger partial charge in [-0.1, -0.05) is 51.0 Å². The van der Waals surface area contributed by atoms with E-state index in [-0.39, 0.29) is 18.0 Å². The number of aromatic carboxylic acids is 1. The summed E-state index contributed by atoms with van der Waals surface area (Å²) in [6.07, 6.45) is 4.88. The molecule has 1 aromatic rings. The first-order chi connectivity index (χ1) is 13.7. The molecule has 7 heteroatoms. The Morgan fingerprint density at radius 2 is 2.00 bits per heavy atom. The summed E-state index contributed by atoms with van der Waals surface area (Å²) in [5.74, 6) is -5.64. The molecule has 1 saturated heterocycles. The molecule has 1 amide bonds. The Balaban J connectivity index is 2.03. The number of benzene rings is 1. The smallest absolute Gasteiger partial charge is 0.335 e. The number of hydrogen-bond acceptors (Lipinski definition) is 3. The number of nitrogens with zero attached hydrogens (tertiary/aromatic N) is 1. The lowest BCUT2D eigenvalue weighted by atomic mass is 9.97. The number of aliphatic hydroxyl groups excluding tert-OH is 1. The fourth-order valence-corrected chi connectivity index (χ4v) is 3.45. The maximum absolute atomic E-state index is 14.0. The normalized spacial score (nSPS) is 20.9. The predicted octanol–water partition coefficient (Wildman–Crippen LogP) is 3.91. The molecular formula is C22H29F2NO4. The van der Waals surface area contributed by atoms with Gasteiger partial charge in [0.05, 0.1) is 17.7 Å². The summed E-state index contributed by atoms with van der Waals surface area (Å²) in [7, 11) is 0. The van der Waals surface area contributed by atoms with Crippen LogP contribution in [0.15, 0.2) is 36.4 Å². The molecule has 1 heterocycles. The molecule has 2 N–H and O–H groups in total. The predicted molar refractivity (Wildman–Crippen MR) is 106 cm³/mol. The standard InChI is InChI=1S/C22H29F2NO4/c1-3-4-5-15(2)19(26)11-10-18-14-22(23,24)21(29)25(18)13-12-16-6-8-17(9-7-16)20(27)28/h6-11,15,18-19,26H,3-5,12-14H2,1-2H3,(H,27,28)/b11-10+/t15?,18?,19-/m1/s1. The molecule has 0 aromatic heterocycles. The van der Waals surface area contributed by atoms with Crippen LogP contribution in [0, 0.1) is 5.92 Å². The molecule has 5 nitrogen and oxygen atoms in total. The van der Waals surface area contributed by atoms with Crippen LogP contribution in [0.5, 0.6) is 0 Å². The van der Waals surface area contributed by atoms with E-state index in [0.29, 0.717) is 6.42 Å². The summed E-state index contributed by atoms with van der Waals surface area (Å²) < 4.78 is 28.0. The van der Waals surface area contributed by atoms with Crippen molar-refractivity contribution < 1.29 is 28.6 Å². The maximum Gasteiger partial charge on any atom is 0.335 e. The highest BCUT2D eigenvalue weighted by Gasteiger charge is 2.52. The van der Waals surface area contributed by atoms with E-state index in [1.165, 1.54) is 24.3 Å². The van der Waals surface area contributed by atoms with E-state index in [9.17, 15) is 23.5 Å². The summed E-state index contributed by atoms with van der Waals surface area (Å²) in [4.78, 5) is 24.2. The third-order valence-corrected chi connectivity index (χ3v) is 5.41. The summed E-state index contributed by atoms with van der Waals surface area (Å²) in [6, 6.07) is 5.36. The largest absolute Gasteiger partial charge is 0.478 e. The number of hydrogen-bond donors (Lipinski definition) is 2. The van der Waals surface area contributed by atoms with Gasteiger partial charge >= 0.3 is 11.9 Å². The Kier molecular flexibility index (Phi) is 7.90. The fraction of sp³-hybridized carbons (Fsp3) is 0.545. The zero-order valence-corrected chi connectivity index (χ0v) is 16.9. The molecule has 2 rings (SSSR count). The number of carboxylic acid groups (broad SMARTS) is 1. The van der Waals surface area contributed by atoms with E-state index in [1.807, 2.05) is 6.92 Å². The summed E-state index contributed by atoms with van der Waals surface area (Å²) in [6.45, 7) is 4.07. The van der Waals surface area contributed by atoms with Crippen LogP contribution in [-0.2, 0) is 11.2 Å². The van der Waals surface area contributed by atoms with E-state index in [0.717, 1.165) is 29.7 Å². The maximum atomic E-state index is 14.0. The lowest BCUT2D eigenvalue weighted by Crippen LogP contribution is -2.37. The van der Waals surface area contributed by atoms with E-state index >= 15 is 0 Å². The van der Waals surface area contributed by atoms with Gasteiger partial charge in [-0.15, -0.1) is 0 Å². The molecular weight excluding hydrogens is 380 g/mol. The van der Waals surface area contributed by atoms with Gasteiger partial charge < -0.3 is 15.1 Å². The number of carboxylic acids is 1. The van der Waals surface area contributed by atoms with Gasteiger partial charge in [-0.25, -0.2) is 4.79 Å². The average Bonchev–Trinajstić information content (AvgIpc) is 2.91. The van der Waals surface area contributed by atoms with Gasteiger partial charge in [0.2, 0.25) is 0 Å². The zero-order chi connectivity index (χ0) is 21.6. The Hall–Kier alpha value is -2.28. The second-order valence-corrected chi connectivity index (χ2v) is 7.72. The number of likely N-dealkylation sites (tertiary alicyclic amines) is 1. The van der Waals surface area contributed by atoms with Crippen LogP contribution in [-0.4, -0.2) is 51.6 Å². The molecule has 29 heavy (non-hydrogen) atoms. The SMILES string of the molecule is CCCCC(C)[C@H](O)/C=C/C1CC(F)(F)C(=O)N1CCc1ccc(C(=O)O)cc1. The number of carbonyl (C=O) groups excluding carboxylic acids is 1. The molecule has 3 atom stereocenters. The van der Waals surface area contributed by atoms with Gasteiger partial charge in [-0.2, -0.15) is 8.78 Å². The highest BCUT2D eigenvalue weighted by Crippen LogP contribution is 2.34. The van der Waals surface area contributed by atoms with Crippen molar-refractivity contribution in [3.63, 3.8) is 0 Å². The van der Waals surface area contributed by atoms with Crippen LogP contribution >= 0.6 is 0 Å². The summed E-state index contributed by atoms with van der Waals surface area (Å²) in [5, 5.41) is 19.2. The topological polar surface area (TPSA) is 77.8 Å². The highest BCUT2D eigenvalue weighted by atomic mass is 19.3. The van der Waals surface area contributed by atoms with Crippen LogP contribution in [0.4, 0.5) is 8.78 Å². The van der Waals surface area contributed by atoms with Crippen molar-refractivity contribution in [2.75, 3.05) is 6.54 Å². The number of rotatable bonds is 10. The third kappa shape index (κ3) is 6.10. The number of aliphatic hydroxyl groups is 1. The van der Waals surface area contributed by atoms with Gasteiger partial charge in [0.25, 0.3) is 5.91 Å². The number of amides is 1. The van der Waals surface area contributed by atoms with Crippen molar-refractivity contribution in [2.45, 2.75) is 64.0 Å². The minimum Gasteiger partial charge on any atom is -0.478 e. The Morgan fingerprint density at radius 3 is 2.59 bits per heavy atom. The Labute approximate surface area is 170 Å². The molecule has 0 bridgehead atoms. The molecule has 0 radical (unpaired) electrons. The minimum atomic E-state index is -3.42. The van der Waals surface area contributed by atoms with Crippen LogP contribution in [0.25, 0.3) is 0 Å². The van der Waals surface area contributed by atoms with Crippen molar-refractivity contribution in [3.05, 3.63) is 47.5 Å². The molecule has 0 spiro atoms. The van der Waals surface area contributed by atoms with Crippen molar-refractivity contribution in [1.29, 1.82) is 0 Å². The monoisotopic (exact) mass is 409 g/mol. The van der Waals surface area contributed by atoms with Gasteiger partial charge in [0, 0.05) is 13.0 Å². The molecule has 0 aliphatic carbocycles. The zero-order valence-electron chi connectivity index (χ0n) is 16.9. The lowest BCUT2D eigenvalue weighted by Gasteiger charge is -2.22. The van der Waals surface area contributed by atoms with Crippen molar-refractivity contribution in [2.24, 2.45) is 5.92 Å². The first kappa shape index (κ1) is 23.0. The molecule has 0 saturated carbocycles. The molecule has 1 aromatic carbocycles. The van der Waals surface area contributed by atoms with Crippen LogP contribution in [0.3, 0.4) is 0 Å². The van der Waals surface area contributed by atoms with Crippen LogP contribution < -0.4 is 0 Å². The fourth-order valence-electron chi connectivity index (χ4n) is 3.45. The van der Waals surface area contributed by atoms with Crippen LogP contribution in [0.1, 0.15) is 55.5 Å². The molecule has 1 fully saturated rings.